The highest BCUT2D eigenvalue weighted by Crippen LogP contribution is 2.21. The maximum atomic E-state index is 13.0. The Kier molecular flexibility index (Phi) is 9.24. The fourth-order valence-electron chi connectivity index (χ4n) is 5.39. The molecule has 1 aromatic heterocycles. The average molecular weight is 509 g/mol. The number of H-pyrrole nitrogens is 1. The van der Waals surface area contributed by atoms with Crippen molar-refractivity contribution in [2.75, 3.05) is 62.2 Å². The van der Waals surface area contributed by atoms with Gasteiger partial charge in [0, 0.05) is 76.6 Å². The van der Waals surface area contributed by atoms with Gasteiger partial charge in [0.25, 0.3) is 5.56 Å². The Hall–Kier alpha value is -2.87. The van der Waals surface area contributed by atoms with Gasteiger partial charge >= 0.3 is 0 Å². The number of amides is 1. The van der Waals surface area contributed by atoms with Gasteiger partial charge in [-0.2, -0.15) is 0 Å². The number of anilines is 2. The Bertz CT molecular complexity index is 1100. The smallest absolute Gasteiger partial charge is 0.252 e. The highest BCUT2D eigenvalue weighted by molar-refractivity contribution is 5.79. The van der Waals surface area contributed by atoms with Crippen molar-refractivity contribution in [1.82, 2.24) is 19.8 Å². The van der Waals surface area contributed by atoms with E-state index in [9.17, 15) is 9.59 Å². The zero-order valence-electron chi connectivity index (χ0n) is 23.1. The first-order valence-corrected chi connectivity index (χ1v) is 14.1. The molecular formula is C29H44N6O2. The summed E-state index contributed by atoms with van der Waals surface area (Å²) in [5.74, 6) is 1.04. The molecule has 1 amide bonds. The number of unbranched alkanes of at least 4 members (excludes halogenated alkanes) is 1. The van der Waals surface area contributed by atoms with Gasteiger partial charge < -0.3 is 14.7 Å². The van der Waals surface area contributed by atoms with Crippen molar-refractivity contribution in [1.29, 1.82) is 0 Å². The molecule has 8 heteroatoms. The molecule has 1 N–H and O–H groups in total. The third kappa shape index (κ3) is 6.92. The van der Waals surface area contributed by atoms with E-state index in [-0.39, 0.29) is 17.4 Å². The zero-order valence-corrected chi connectivity index (χ0v) is 23.1. The molecule has 2 saturated heterocycles. The third-order valence-corrected chi connectivity index (χ3v) is 8.03. The minimum atomic E-state index is -0.113. The van der Waals surface area contributed by atoms with Crippen molar-refractivity contribution in [2.24, 2.45) is 5.92 Å². The Morgan fingerprint density at radius 2 is 1.65 bits per heavy atom. The first-order valence-electron chi connectivity index (χ1n) is 14.1. The Morgan fingerprint density at radius 1 is 0.946 bits per heavy atom. The van der Waals surface area contributed by atoms with Crippen LogP contribution in [0.2, 0.25) is 0 Å². The second-order valence-electron chi connectivity index (χ2n) is 10.7. The SMILES string of the molecule is CCCCC(CC)C(=O)N1CCN(c2nc(CN3CCN(c4ccc(C)c(C)c4)CC3)cc(=O)[nH]2)CC1. The van der Waals surface area contributed by atoms with Crippen LogP contribution >= 0.6 is 0 Å². The number of rotatable bonds is 9. The molecule has 2 aliphatic heterocycles. The maximum absolute atomic E-state index is 13.0. The number of aromatic nitrogens is 2. The lowest BCUT2D eigenvalue weighted by Gasteiger charge is -2.37. The van der Waals surface area contributed by atoms with Crippen LogP contribution < -0.4 is 15.4 Å². The van der Waals surface area contributed by atoms with Crippen LogP contribution in [0.25, 0.3) is 0 Å². The van der Waals surface area contributed by atoms with Crippen LogP contribution in [0.5, 0.6) is 0 Å². The second-order valence-corrected chi connectivity index (χ2v) is 10.7. The van der Waals surface area contributed by atoms with Crippen molar-refractivity contribution in [2.45, 2.75) is 59.9 Å². The highest BCUT2D eigenvalue weighted by atomic mass is 16.2. The molecule has 1 atom stereocenters. The molecular weight excluding hydrogens is 464 g/mol. The van der Waals surface area contributed by atoms with E-state index in [0.29, 0.717) is 38.7 Å². The van der Waals surface area contributed by atoms with Gasteiger partial charge in [0.05, 0.1) is 5.69 Å². The molecule has 0 spiro atoms. The number of aryl methyl sites for hydroxylation is 2. The number of carbonyl (C=O) groups is 1. The molecule has 8 nitrogen and oxygen atoms in total. The Balaban J connectivity index is 1.31. The molecule has 1 aromatic carbocycles. The first kappa shape index (κ1) is 27.2. The van der Waals surface area contributed by atoms with Gasteiger partial charge in [-0.1, -0.05) is 32.8 Å². The molecule has 37 heavy (non-hydrogen) atoms. The minimum Gasteiger partial charge on any atom is -0.369 e. The highest BCUT2D eigenvalue weighted by Gasteiger charge is 2.27. The number of hydrogen-bond donors (Lipinski definition) is 1. The normalized spacial score (nSPS) is 17.8. The molecule has 1 unspecified atom stereocenters. The number of nitrogens with one attached hydrogen (secondary N) is 1. The van der Waals surface area contributed by atoms with Crippen LogP contribution in [-0.4, -0.2) is 78.0 Å². The summed E-state index contributed by atoms with van der Waals surface area (Å²) in [5, 5.41) is 0. The van der Waals surface area contributed by atoms with Crippen molar-refractivity contribution < 1.29 is 4.79 Å². The van der Waals surface area contributed by atoms with Crippen LogP contribution in [0.4, 0.5) is 11.6 Å². The number of carbonyl (C=O) groups excluding carboxylic acids is 1. The molecule has 202 valence electrons. The molecule has 0 radical (unpaired) electrons. The van der Waals surface area contributed by atoms with Crippen molar-refractivity contribution in [3.63, 3.8) is 0 Å². The van der Waals surface area contributed by atoms with Crippen molar-refractivity contribution >= 4 is 17.5 Å². The van der Waals surface area contributed by atoms with Gasteiger partial charge in [-0.05, 0) is 49.9 Å². The number of benzene rings is 1. The molecule has 2 aliphatic rings. The standard InChI is InChI=1S/C29H44N6O2/c1-5-7-8-24(6-2)28(37)34-15-17-35(18-16-34)29-30-25(20-27(36)31-29)21-32-11-13-33(14-12-32)26-10-9-22(3)23(4)19-26/h9-10,19-20,24H,5-8,11-18,21H2,1-4H3,(H,30,31,36). The molecule has 2 fully saturated rings. The summed E-state index contributed by atoms with van der Waals surface area (Å²) in [7, 11) is 0. The number of nitrogens with zero attached hydrogens (tertiary/aromatic N) is 5. The summed E-state index contributed by atoms with van der Waals surface area (Å²) in [6.45, 7) is 15.8. The molecule has 2 aromatic rings. The van der Waals surface area contributed by atoms with Gasteiger partial charge in [-0.15, -0.1) is 0 Å². The monoisotopic (exact) mass is 508 g/mol. The molecule has 0 saturated carbocycles. The van der Waals surface area contributed by atoms with E-state index in [4.69, 9.17) is 4.98 Å². The van der Waals surface area contributed by atoms with E-state index in [0.717, 1.165) is 57.6 Å². The summed E-state index contributed by atoms with van der Waals surface area (Å²) in [5.41, 5.74) is 4.63. The average Bonchev–Trinajstić information content (AvgIpc) is 2.91. The maximum Gasteiger partial charge on any atom is 0.252 e. The van der Waals surface area contributed by atoms with Gasteiger partial charge in [0.15, 0.2) is 0 Å². The molecule has 4 rings (SSSR count). The second kappa shape index (κ2) is 12.6. The lowest BCUT2D eigenvalue weighted by Crippen LogP contribution is -2.51. The first-order chi connectivity index (χ1) is 17.9. The number of hydrogen-bond acceptors (Lipinski definition) is 6. The predicted molar refractivity (Wildman–Crippen MR) is 150 cm³/mol. The summed E-state index contributed by atoms with van der Waals surface area (Å²) in [6, 6.07) is 8.31. The van der Waals surface area contributed by atoms with E-state index in [1.165, 1.54) is 16.8 Å². The lowest BCUT2D eigenvalue weighted by atomic mass is 9.97. The fourth-order valence-corrected chi connectivity index (χ4v) is 5.39. The summed E-state index contributed by atoms with van der Waals surface area (Å²) < 4.78 is 0. The van der Waals surface area contributed by atoms with Crippen molar-refractivity contribution in [3.8, 4) is 0 Å². The molecule has 0 bridgehead atoms. The zero-order chi connectivity index (χ0) is 26.4. The van der Waals surface area contributed by atoms with E-state index < -0.39 is 0 Å². The van der Waals surface area contributed by atoms with Crippen LogP contribution in [0.3, 0.4) is 0 Å². The van der Waals surface area contributed by atoms with Gasteiger partial charge in [0.1, 0.15) is 0 Å². The fraction of sp³-hybridized carbons (Fsp3) is 0.621. The van der Waals surface area contributed by atoms with E-state index in [1.54, 1.807) is 6.07 Å². The Labute approximate surface area is 221 Å². The van der Waals surface area contributed by atoms with Crippen LogP contribution in [0, 0.1) is 19.8 Å². The van der Waals surface area contributed by atoms with Crippen LogP contribution in [0.1, 0.15) is 56.4 Å². The van der Waals surface area contributed by atoms with E-state index in [1.807, 2.05) is 4.90 Å². The number of piperazine rings is 2. The summed E-state index contributed by atoms with van der Waals surface area (Å²) in [6.07, 6.45) is 4.09. The molecule has 0 aliphatic carbocycles. The van der Waals surface area contributed by atoms with Crippen LogP contribution in [0.15, 0.2) is 29.1 Å². The van der Waals surface area contributed by atoms with Crippen molar-refractivity contribution in [3.05, 3.63) is 51.4 Å². The summed E-state index contributed by atoms with van der Waals surface area (Å²) in [4.78, 5) is 42.1. The largest absolute Gasteiger partial charge is 0.369 e. The minimum absolute atomic E-state index is 0.113. The predicted octanol–water partition coefficient (Wildman–Crippen LogP) is 3.57. The van der Waals surface area contributed by atoms with Gasteiger partial charge in [-0.25, -0.2) is 4.98 Å². The lowest BCUT2D eigenvalue weighted by molar-refractivity contribution is -0.136. The van der Waals surface area contributed by atoms with Gasteiger partial charge in [0.2, 0.25) is 11.9 Å². The topological polar surface area (TPSA) is 75.8 Å². The van der Waals surface area contributed by atoms with Gasteiger partial charge in [-0.3, -0.25) is 19.5 Å². The molecule has 3 heterocycles. The van der Waals surface area contributed by atoms with E-state index in [2.05, 4.69) is 65.6 Å². The summed E-state index contributed by atoms with van der Waals surface area (Å²) >= 11 is 0. The van der Waals surface area contributed by atoms with Crippen LogP contribution in [-0.2, 0) is 11.3 Å². The third-order valence-electron chi connectivity index (χ3n) is 8.03. The van der Waals surface area contributed by atoms with E-state index >= 15 is 0 Å². The number of aromatic amines is 1. The quantitative estimate of drug-likeness (QED) is 0.558. The Morgan fingerprint density at radius 3 is 2.30 bits per heavy atom.